The van der Waals surface area contributed by atoms with E-state index in [1.165, 1.54) is 0 Å². The Kier molecular flexibility index (Phi) is 3.22. The fourth-order valence-corrected chi connectivity index (χ4v) is 2.31. The van der Waals surface area contributed by atoms with Crippen molar-refractivity contribution < 1.29 is 4.79 Å². The molecule has 1 heterocycles. The molecule has 1 aliphatic rings. The lowest BCUT2D eigenvalue weighted by Gasteiger charge is -2.10. The van der Waals surface area contributed by atoms with Crippen molar-refractivity contribution in [1.82, 2.24) is 15.1 Å². The summed E-state index contributed by atoms with van der Waals surface area (Å²) >= 11 is 5.94. The third-order valence-corrected chi connectivity index (χ3v) is 3.58. The highest BCUT2D eigenvalue weighted by atomic mass is 35.5. The first-order chi connectivity index (χ1) is 9.60. The van der Waals surface area contributed by atoms with Gasteiger partial charge in [-0.05, 0) is 38.0 Å². The van der Waals surface area contributed by atoms with Gasteiger partial charge in [-0.25, -0.2) is 0 Å². The van der Waals surface area contributed by atoms with Gasteiger partial charge in [-0.1, -0.05) is 11.6 Å². The van der Waals surface area contributed by atoms with E-state index in [0.717, 1.165) is 12.8 Å². The molecule has 0 radical (unpaired) electrons. The zero-order valence-electron chi connectivity index (χ0n) is 11.0. The Bertz CT molecular complexity index is 750. The van der Waals surface area contributed by atoms with Crippen LogP contribution < -0.4 is 10.7 Å². The van der Waals surface area contributed by atoms with Gasteiger partial charge in [0.25, 0.3) is 5.91 Å². The Labute approximate surface area is 120 Å². The maximum absolute atomic E-state index is 12.4. The molecule has 1 saturated carbocycles. The topological polar surface area (TPSA) is 64.0 Å². The normalized spacial score (nSPS) is 14.5. The summed E-state index contributed by atoms with van der Waals surface area (Å²) in [7, 11) is 0. The second-order valence-corrected chi connectivity index (χ2v) is 5.34. The Balaban J connectivity index is 2.19. The second-order valence-electron chi connectivity index (χ2n) is 4.90. The number of hydrogen-bond donors (Lipinski definition) is 1. The van der Waals surface area contributed by atoms with Crippen LogP contribution in [0.5, 0.6) is 0 Å². The highest BCUT2D eigenvalue weighted by molar-refractivity contribution is 6.31. The monoisotopic (exact) mass is 291 g/mol. The minimum absolute atomic E-state index is 0.0616. The minimum atomic E-state index is -0.401. The lowest BCUT2D eigenvalue weighted by Crippen LogP contribution is -2.33. The van der Waals surface area contributed by atoms with Gasteiger partial charge in [-0.15, -0.1) is 0 Å². The molecule has 0 unspecified atom stereocenters. The number of amides is 1. The summed E-state index contributed by atoms with van der Waals surface area (Å²) in [5.41, 5.74) is 0.253. The lowest BCUT2D eigenvalue weighted by atomic mass is 10.2. The first-order valence-corrected chi connectivity index (χ1v) is 6.99. The van der Waals surface area contributed by atoms with Crippen LogP contribution in [0.1, 0.15) is 30.3 Å². The van der Waals surface area contributed by atoms with Crippen molar-refractivity contribution in [1.29, 1.82) is 0 Å². The average Bonchev–Trinajstić information content (AvgIpc) is 3.23. The van der Waals surface area contributed by atoms with Gasteiger partial charge < -0.3 is 5.32 Å². The number of aromatic nitrogens is 2. The molecule has 5 nitrogen and oxygen atoms in total. The zero-order chi connectivity index (χ0) is 14.3. The van der Waals surface area contributed by atoms with Crippen LogP contribution in [0.2, 0.25) is 5.02 Å². The van der Waals surface area contributed by atoms with E-state index >= 15 is 0 Å². The molecule has 6 heteroatoms. The van der Waals surface area contributed by atoms with E-state index in [0.29, 0.717) is 22.5 Å². The smallest absolute Gasteiger partial charge is 0.276 e. The van der Waals surface area contributed by atoms with E-state index in [2.05, 4.69) is 10.4 Å². The van der Waals surface area contributed by atoms with Crippen LogP contribution in [0, 0.1) is 0 Å². The molecule has 20 heavy (non-hydrogen) atoms. The van der Waals surface area contributed by atoms with Gasteiger partial charge in [0, 0.05) is 17.6 Å². The largest absolute Gasteiger partial charge is 0.348 e. The summed E-state index contributed by atoms with van der Waals surface area (Å²) in [4.78, 5) is 24.5. The molecule has 3 rings (SSSR count). The fraction of sp³-hybridized carbons (Fsp3) is 0.357. The van der Waals surface area contributed by atoms with Crippen molar-refractivity contribution in [3.05, 3.63) is 39.1 Å². The van der Waals surface area contributed by atoms with Gasteiger partial charge in [0.2, 0.25) is 5.43 Å². The van der Waals surface area contributed by atoms with Gasteiger partial charge in [0.1, 0.15) is 0 Å². The molecule has 1 aromatic heterocycles. The number of nitrogens with zero attached hydrogens (tertiary/aromatic N) is 2. The molecule has 2 aromatic rings. The van der Waals surface area contributed by atoms with Crippen LogP contribution >= 0.6 is 11.6 Å². The standard InChI is InChI=1S/C14H14ClN3O2/c1-2-18-11-6-3-8(15)7-10(11)13(19)12(17-18)14(20)16-9-4-5-9/h3,6-7,9H,2,4-5H2,1H3,(H,16,20). The van der Waals surface area contributed by atoms with Crippen LogP contribution in [-0.2, 0) is 6.54 Å². The Hall–Kier alpha value is -1.88. The van der Waals surface area contributed by atoms with Crippen molar-refractivity contribution in [3.8, 4) is 0 Å². The molecule has 0 spiro atoms. The maximum Gasteiger partial charge on any atom is 0.276 e. The van der Waals surface area contributed by atoms with Crippen LogP contribution in [0.15, 0.2) is 23.0 Å². The van der Waals surface area contributed by atoms with Gasteiger partial charge in [0.05, 0.1) is 10.9 Å². The highest BCUT2D eigenvalue weighted by Gasteiger charge is 2.26. The average molecular weight is 292 g/mol. The molecule has 0 bridgehead atoms. The number of benzene rings is 1. The van der Waals surface area contributed by atoms with Crippen molar-refractivity contribution >= 4 is 28.4 Å². The molecule has 0 saturated heterocycles. The number of fused-ring (bicyclic) bond motifs is 1. The summed E-state index contributed by atoms with van der Waals surface area (Å²) in [6.45, 7) is 2.48. The van der Waals surface area contributed by atoms with Crippen LogP contribution in [-0.4, -0.2) is 21.7 Å². The maximum atomic E-state index is 12.4. The number of aryl methyl sites for hydroxylation is 1. The van der Waals surface area contributed by atoms with Gasteiger partial charge in [-0.3, -0.25) is 14.3 Å². The molecule has 1 N–H and O–H groups in total. The number of nitrogens with one attached hydrogen (secondary N) is 1. The quantitative estimate of drug-likeness (QED) is 0.940. The van der Waals surface area contributed by atoms with Crippen molar-refractivity contribution in [2.75, 3.05) is 0 Å². The lowest BCUT2D eigenvalue weighted by molar-refractivity contribution is 0.0943. The van der Waals surface area contributed by atoms with Crippen molar-refractivity contribution in [2.24, 2.45) is 0 Å². The van der Waals surface area contributed by atoms with E-state index in [1.807, 2.05) is 6.92 Å². The van der Waals surface area contributed by atoms with Gasteiger partial charge >= 0.3 is 0 Å². The summed E-state index contributed by atoms with van der Waals surface area (Å²) in [5.74, 6) is -0.401. The third-order valence-electron chi connectivity index (χ3n) is 3.34. The number of carbonyl (C=O) groups excluding carboxylic acids is 1. The number of hydrogen-bond acceptors (Lipinski definition) is 3. The molecular weight excluding hydrogens is 278 g/mol. The zero-order valence-corrected chi connectivity index (χ0v) is 11.8. The van der Waals surface area contributed by atoms with E-state index in [-0.39, 0.29) is 17.2 Å². The SMILES string of the molecule is CCn1nc(C(=O)NC2CC2)c(=O)c2cc(Cl)ccc21. The first-order valence-electron chi connectivity index (χ1n) is 6.61. The molecule has 104 valence electrons. The summed E-state index contributed by atoms with van der Waals surface area (Å²) in [6, 6.07) is 5.23. The Morgan fingerprint density at radius 1 is 1.50 bits per heavy atom. The predicted octanol–water partition coefficient (Wildman–Crippen LogP) is 1.96. The number of carbonyl (C=O) groups is 1. The van der Waals surface area contributed by atoms with E-state index in [1.54, 1.807) is 22.9 Å². The van der Waals surface area contributed by atoms with Crippen LogP contribution in [0.3, 0.4) is 0 Å². The van der Waals surface area contributed by atoms with E-state index in [9.17, 15) is 9.59 Å². The second kappa shape index (κ2) is 4.90. The van der Waals surface area contributed by atoms with E-state index < -0.39 is 5.91 Å². The highest BCUT2D eigenvalue weighted by Crippen LogP contribution is 2.19. The van der Waals surface area contributed by atoms with Gasteiger partial charge in [0.15, 0.2) is 5.69 Å². The molecule has 1 amide bonds. The summed E-state index contributed by atoms with van der Waals surface area (Å²) < 4.78 is 1.65. The van der Waals surface area contributed by atoms with Crippen LogP contribution in [0.25, 0.3) is 10.9 Å². The number of halogens is 1. The molecule has 1 fully saturated rings. The van der Waals surface area contributed by atoms with E-state index in [4.69, 9.17) is 11.6 Å². The summed E-state index contributed by atoms with van der Waals surface area (Å²) in [6.07, 6.45) is 1.93. The number of rotatable bonds is 3. The fourth-order valence-electron chi connectivity index (χ4n) is 2.13. The summed E-state index contributed by atoms with van der Waals surface area (Å²) in [5, 5.41) is 7.87. The molecule has 0 aliphatic heterocycles. The Morgan fingerprint density at radius 2 is 2.25 bits per heavy atom. The van der Waals surface area contributed by atoms with Crippen molar-refractivity contribution in [3.63, 3.8) is 0 Å². The molecule has 1 aromatic carbocycles. The van der Waals surface area contributed by atoms with Gasteiger partial charge in [-0.2, -0.15) is 5.10 Å². The third kappa shape index (κ3) is 2.29. The molecule has 1 aliphatic carbocycles. The molecule has 0 atom stereocenters. The first kappa shape index (κ1) is 13.1. The molecular formula is C14H14ClN3O2. The minimum Gasteiger partial charge on any atom is -0.348 e. The predicted molar refractivity (Wildman–Crippen MR) is 77.2 cm³/mol. The Morgan fingerprint density at radius 3 is 2.90 bits per heavy atom. The van der Waals surface area contributed by atoms with Crippen LogP contribution in [0.4, 0.5) is 0 Å². The van der Waals surface area contributed by atoms with Crippen molar-refractivity contribution in [2.45, 2.75) is 32.4 Å².